The van der Waals surface area contributed by atoms with Crippen molar-refractivity contribution in [3.8, 4) is 0 Å². The predicted molar refractivity (Wildman–Crippen MR) is 107 cm³/mol. The van der Waals surface area contributed by atoms with Crippen LogP contribution in [0.3, 0.4) is 0 Å². The lowest BCUT2D eigenvalue weighted by Gasteiger charge is -2.07. The number of aryl methyl sites for hydroxylation is 1. The molecule has 2 aromatic carbocycles. The largest absolute Gasteiger partial charge is 0.316 e. The number of anilines is 1. The van der Waals surface area contributed by atoms with E-state index in [-0.39, 0.29) is 11.7 Å². The Balaban J connectivity index is 1.44. The number of pyridine rings is 1. The molecule has 2 N–H and O–H groups in total. The van der Waals surface area contributed by atoms with Crippen LogP contribution in [0, 0.1) is 5.82 Å². The third-order valence-electron chi connectivity index (χ3n) is 4.36. The maximum Gasteiger partial charge on any atom is 0.222 e. The first-order chi connectivity index (χ1) is 13.1. The Morgan fingerprint density at radius 1 is 1.00 bits per heavy atom. The zero-order valence-corrected chi connectivity index (χ0v) is 15.5. The molecule has 0 aliphatic rings. The van der Waals surface area contributed by atoms with Crippen molar-refractivity contribution in [2.24, 2.45) is 0 Å². The molecule has 1 heterocycles. The monoisotopic (exact) mass is 365 g/mol. The summed E-state index contributed by atoms with van der Waals surface area (Å²) in [5.41, 5.74) is 3.15. The van der Waals surface area contributed by atoms with E-state index in [1.165, 1.54) is 18.6 Å². The minimum absolute atomic E-state index is 0.123. The fourth-order valence-corrected chi connectivity index (χ4v) is 3.05. The number of rotatable bonds is 8. The summed E-state index contributed by atoms with van der Waals surface area (Å²) in [6, 6.07) is 16.8. The number of fused-ring (bicyclic) bond motifs is 1. The number of hydrogen-bond donors (Lipinski definition) is 2. The highest BCUT2D eigenvalue weighted by atomic mass is 19.1. The van der Waals surface area contributed by atoms with Crippen LogP contribution in [-0.4, -0.2) is 24.0 Å². The first-order valence-corrected chi connectivity index (χ1v) is 9.22. The summed E-state index contributed by atoms with van der Waals surface area (Å²) < 4.78 is 13.1. The molecule has 0 spiro atoms. The quantitative estimate of drug-likeness (QED) is 0.591. The number of nitrogens with zero attached hydrogens (tertiary/aromatic N) is 1. The van der Waals surface area contributed by atoms with Crippen LogP contribution >= 0.6 is 0 Å². The van der Waals surface area contributed by atoms with Crippen molar-refractivity contribution in [1.29, 1.82) is 0 Å². The molecule has 3 rings (SSSR count). The van der Waals surface area contributed by atoms with Gasteiger partial charge in [-0.2, -0.15) is 0 Å². The molecule has 0 fully saturated rings. The molecule has 140 valence electrons. The van der Waals surface area contributed by atoms with Crippen molar-refractivity contribution in [3.05, 3.63) is 71.5 Å². The van der Waals surface area contributed by atoms with E-state index in [0.717, 1.165) is 48.8 Å². The predicted octanol–water partition coefficient (Wildman–Crippen LogP) is 4.10. The van der Waals surface area contributed by atoms with Crippen molar-refractivity contribution < 1.29 is 9.18 Å². The number of halogens is 1. The lowest BCUT2D eigenvalue weighted by Crippen LogP contribution is -2.19. The number of benzene rings is 2. The van der Waals surface area contributed by atoms with Crippen molar-refractivity contribution in [1.82, 2.24) is 10.3 Å². The van der Waals surface area contributed by atoms with Gasteiger partial charge in [0.2, 0.25) is 5.91 Å². The highest BCUT2D eigenvalue weighted by Gasteiger charge is 2.02. The van der Waals surface area contributed by atoms with Crippen LogP contribution < -0.4 is 10.6 Å². The second-order valence-corrected chi connectivity index (χ2v) is 6.64. The van der Waals surface area contributed by atoms with Gasteiger partial charge in [0.05, 0.1) is 5.52 Å². The standard InChI is InChI=1S/C22H24FN3O/c1-16(27)25-22-10-8-19-14-18(7-9-21(19)26-22)11-13-24-12-3-5-17-4-2-6-20(23)15-17/h2,4,6-10,14-15,24H,3,5,11-13H2,1H3,(H,25,26,27). The van der Waals surface area contributed by atoms with Crippen molar-refractivity contribution >= 4 is 22.6 Å². The third kappa shape index (κ3) is 5.86. The van der Waals surface area contributed by atoms with Crippen LogP contribution in [0.4, 0.5) is 10.2 Å². The molecule has 27 heavy (non-hydrogen) atoms. The molecule has 0 aliphatic carbocycles. The van der Waals surface area contributed by atoms with Crippen LogP contribution in [0.1, 0.15) is 24.5 Å². The molecule has 0 atom stereocenters. The summed E-state index contributed by atoms with van der Waals surface area (Å²) >= 11 is 0. The Bertz CT molecular complexity index is 926. The van der Waals surface area contributed by atoms with E-state index >= 15 is 0 Å². The van der Waals surface area contributed by atoms with E-state index in [1.807, 2.05) is 24.3 Å². The molecule has 5 heteroatoms. The Labute approximate surface area is 158 Å². The van der Waals surface area contributed by atoms with Gasteiger partial charge in [-0.3, -0.25) is 4.79 Å². The van der Waals surface area contributed by atoms with Crippen LogP contribution in [0.15, 0.2) is 54.6 Å². The summed E-state index contributed by atoms with van der Waals surface area (Å²) in [7, 11) is 0. The molecule has 0 unspecified atom stereocenters. The zero-order chi connectivity index (χ0) is 19.1. The van der Waals surface area contributed by atoms with E-state index in [4.69, 9.17) is 0 Å². The molecular weight excluding hydrogens is 341 g/mol. The Hall–Kier alpha value is -2.79. The highest BCUT2D eigenvalue weighted by Crippen LogP contribution is 2.17. The smallest absolute Gasteiger partial charge is 0.222 e. The Morgan fingerprint density at radius 3 is 2.67 bits per heavy atom. The van der Waals surface area contributed by atoms with Gasteiger partial charge in [-0.05, 0) is 79.9 Å². The lowest BCUT2D eigenvalue weighted by molar-refractivity contribution is -0.114. The first kappa shape index (κ1) is 19.0. The molecular formula is C22H24FN3O. The first-order valence-electron chi connectivity index (χ1n) is 9.22. The van der Waals surface area contributed by atoms with Gasteiger partial charge in [-0.15, -0.1) is 0 Å². The minimum Gasteiger partial charge on any atom is -0.316 e. The maximum atomic E-state index is 13.1. The topological polar surface area (TPSA) is 54.0 Å². The SMILES string of the molecule is CC(=O)Nc1ccc2cc(CCNCCCc3cccc(F)c3)ccc2n1. The summed E-state index contributed by atoms with van der Waals surface area (Å²) in [4.78, 5) is 15.6. The Morgan fingerprint density at radius 2 is 1.85 bits per heavy atom. The summed E-state index contributed by atoms with van der Waals surface area (Å²) in [5, 5.41) is 7.20. The molecule has 0 saturated carbocycles. The fraction of sp³-hybridized carbons (Fsp3) is 0.273. The number of amides is 1. The lowest BCUT2D eigenvalue weighted by atomic mass is 10.1. The van der Waals surface area contributed by atoms with Crippen LogP contribution in [0.5, 0.6) is 0 Å². The summed E-state index contributed by atoms with van der Waals surface area (Å²) in [5.74, 6) is 0.278. The van der Waals surface area contributed by atoms with Gasteiger partial charge in [0.1, 0.15) is 11.6 Å². The highest BCUT2D eigenvalue weighted by molar-refractivity contribution is 5.89. The number of aromatic nitrogens is 1. The van der Waals surface area contributed by atoms with Crippen molar-refractivity contribution in [2.45, 2.75) is 26.2 Å². The zero-order valence-electron chi connectivity index (χ0n) is 15.5. The molecule has 0 radical (unpaired) electrons. The fourth-order valence-electron chi connectivity index (χ4n) is 3.05. The number of carbonyl (C=O) groups excluding carboxylic acids is 1. The number of nitrogens with one attached hydrogen (secondary N) is 2. The summed E-state index contributed by atoms with van der Waals surface area (Å²) in [6.07, 6.45) is 2.80. The van der Waals surface area contributed by atoms with E-state index in [1.54, 1.807) is 12.1 Å². The molecule has 1 aromatic heterocycles. The number of carbonyl (C=O) groups is 1. The average molecular weight is 365 g/mol. The minimum atomic E-state index is -0.171. The van der Waals surface area contributed by atoms with Gasteiger partial charge in [0.15, 0.2) is 0 Å². The van der Waals surface area contributed by atoms with E-state index in [2.05, 4.69) is 27.8 Å². The Kier molecular flexibility index (Phi) is 6.49. The number of hydrogen-bond acceptors (Lipinski definition) is 3. The van der Waals surface area contributed by atoms with E-state index in [0.29, 0.717) is 5.82 Å². The molecule has 0 aliphatic heterocycles. The third-order valence-corrected chi connectivity index (χ3v) is 4.36. The average Bonchev–Trinajstić information content (AvgIpc) is 2.64. The van der Waals surface area contributed by atoms with Gasteiger partial charge in [0.25, 0.3) is 0 Å². The van der Waals surface area contributed by atoms with E-state index in [9.17, 15) is 9.18 Å². The molecule has 0 saturated heterocycles. The van der Waals surface area contributed by atoms with Crippen LogP contribution in [0.2, 0.25) is 0 Å². The van der Waals surface area contributed by atoms with Gasteiger partial charge < -0.3 is 10.6 Å². The van der Waals surface area contributed by atoms with Crippen molar-refractivity contribution in [2.75, 3.05) is 18.4 Å². The second kappa shape index (κ2) is 9.24. The van der Waals surface area contributed by atoms with Gasteiger partial charge in [0, 0.05) is 12.3 Å². The van der Waals surface area contributed by atoms with Crippen LogP contribution in [0.25, 0.3) is 10.9 Å². The van der Waals surface area contributed by atoms with Gasteiger partial charge in [-0.1, -0.05) is 18.2 Å². The van der Waals surface area contributed by atoms with Gasteiger partial charge >= 0.3 is 0 Å². The second-order valence-electron chi connectivity index (χ2n) is 6.64. The normalized spacial score (nSPS) is 10.9. The molecule has 3 aromatic rings. The van der Waals surface area contributed by atoms with Gasteiger partial charge in [-0.25, -0.2) is 9.37 Å². The van der Waals surface area contributed by atoms with Crippen LogP contribution in [-0.2, 0) is 17.6 Å². The molecule has 1 amide bonds. The molecule has 4 nitrogen and oxygen atoms in total. The maximum absolute atomic E-state index is 13.1. The molecule has 0 bridgehead atoms. The van der Waals surface area contributed by atoms with Crippen molar-refractivity contribution in [3.63, 3.8) is 0 Å². The van der Waals surface area contributed by atoms with E-state index < -0.39 is 0 Å². The summed E-state index contributed by atoms with van der Waals surface area (Å²) in [6.45, 7) is 3.28.